The average molecular weight is 291 g/mol. The highest BCUT2D eigenvalue weighted by atomic mass is 35.5. The molecular formula is C13H14ClF3N2. The maximum absolute atomic E-state index is 12.6. The van der Waals surface area contributed by atoms with Gasteiger partial charge in [0.2, 0.25) is 0 Å². The highest BCUT2D eigenvalue weighted by molar-refractivity contribution is 6.32. The van der Waals surface area contributed by atoms with E-state index in [1.807, 2.05) is 0 Å². The molecular weight excluding hydrogens is 277 g/mol. The van der Waals surface area contributed by atoms with E-state index >= 15 is 0 Å². The van der Waals surface area contributed by atoms with Gasteiger partial charge in [0, 0.05) is 12.1 Å². The molecule has 0 aromatic rings. The topological polar surface area (TPSA) is 24.7 Å². The number of alkyl halides is 3. The highest BCUT2D eigenvalue weighted by Crippen LogP contribution is 2.27. The molecule has 0 saturated carbocycles. The van der Waals surface area contributed by atoms with Crippen molar-refractivity contribution in [2.75, 3.05) is 7.05 Å². The van der Waals surface area contributed by atoms with Gasteiger partial charge in [-0.1, -0.05) is 30.3 Å². The summed E-state index contributed by atoms with van der Waals surface area (Å²) >= 11 is 5.77. The minimum absolute atomic E-state index is 0.0993. The Hall–Kier alpha value is -1.62. The summed E-state index contributed by atoms with van der Waals surface area (Å²) in [5.41, 5.74) is -0.587. The number of hydrogen-bond acceptors (Lipinski definition) is 2. The van der Waals surface area contributed by atoms with Gasteiger partial charge in [0.25, 0.3) is 0 Å². The number of allylic oxidation sites excluding steroid dienone is 7. The third-order valence-corrected chi connectivity index (χ3v) is 2.33. The zero-order valence-corrected chi connectivity index (χ0v) is 11.4. The second-order valence-corrected chi connectivity index (χ2v) is 3.71. The van der Waals surface area contributed by atoms with E-state index in [-0.39, 0.29) is 5.71 Å². The fraction of sp³-hybridized carbons (Fsp3) is 0.231. The van der Waals surface area contributed by atoms with Crippen molar-refractivity contribution in [3.05, 3.63) is 47.2 Å². The van der Waals surface area contributed by atoms with Gasteiger partial charge in [-0.15, -0.1) is 0 Å². The molecule has 0 aliphatic carbocycles. The summed E-state index contributed by atoms with van der Waals surface area (Å²) in [4.78, 5) is 6.76. The molecule has 0 bridgehead atoms. The summed E-state index contributed by atoms with van der Waals surface area (Å²) in [5.74, 6) is 0. The van der Waals surface area contributed by atoms with E-state index in [9.17, 15) is 13.2 Å². The molecule has 0 radical (unpaired) electrons. The van der Waals surface area contributed by atoms with Crippen molar-refractivity contribution in [1.82, 2.24) is 0 Å². The summed E-state index contributed by atoms with van der Waals surface area (Å²) in [6.07, 6.45) is 0.652. The molecule has 0 unspecified atom stereocenters. The van der Waals surface area contributed by atoms with Crippen LogP contribution in [0.5, 0.6) is 0 Å². The minimum atomic E-state index is -4.58. The summed E-state index contributed by atoms with van der Waals surface area (Å²) in [5, 5.41) is 0.294. The lowest BCUT2D eigenvalue weighted by atomic mass is 10.1. The van der Waals surface area contributed by atoms with Crippen LogP contribution in [0.25, 0.3) is 0 Å². The van der Waals surface area contributed by atoms with Gasteiger partial charge >= 0.3 is 6.18 Å². The molecule has 0 heterocycles. The Balaban J connectivity index is 5.64. The van der Waals surface area contributed by atoms with Crippen LogP contribution in [-0.2, 0) is 0 Å². The van der Waals surface area contributed by atoms with Gasteiger partial charge < -0.3 is 0 Å². The van der Waals surface area contributed by atoms with E-state index in [4.69, 9.17) is 11.6 Å². The first-order chi connectivity index (χ1) is 8.79. The maximum atomic E-state index is 12.6. The Morgan fingerprint density at radius 2 is 1.84 bits per heavy atom. The van der Waals surface area contributed by atoms with Crippen molar-refractivity contribution in [2.24, 2.45) is 9.98 Å². The van der Waals surface area contributed by atoms with E-state index in [2.05, 4.69) is 23.3 Å². The lowest BCUT2D eigenvalue weighted by molar-refractivity contribution is -0.0921. The zero-order chi connectivity index (χ0) is 15.1. The largest absolute Gasteiger partial charge is 0.433 e. The molecule has 0 N–H and O–H groups in total. The van der Waals surface area contributed by atoms with E-state index in [1.165, 1.54) is 19.2 Å². The van der Waals surface area contributed by atoms with E-state index in [0.29, 0.717) is 10.6 Å². The fourth-order valence-electron chi connectivity index (χ4n) is 1.14. The van der Waals surface area contributed by atoms with E-state index in [0.717, 1.165) is 6.08 Å². The smallest absolute Gasteiger partial charge is 0.288 e. The molecule has 2 nitrogen and oxygen atoms in total. The van der Waals surface area contributed by atoms with Crippen LogP contribution in [0.3, 0.4) is 0 Å². The van der Waals surface area contributed by atoms with Crippen molar-refractivity contribution in [3.8, 4) is 0 Å². The Morgan fingerprint density at radius 1 is 1.26 bits per heavy atom. The van der Waals surface area contributed by atoms with Crippen molar-refractivity contribution < 1.29 is 13.2 Å². The lowest BCUT2D eigenvalue weighted by Crippen LogP contribution is -2.12. The molecule has 0 fully saturated rings. The normalized spacial score (nSPS) is 15.5. The third kappa shape index (κ3) is 5.70. The predicted octanol–water partition coefficient (Wildman–Crippen LogP) is 4.46. The van der Waals surface area contributed by atoms with E-state index in [1.54, 1.807) is 13.0 Å². The summed E-state index contributed by atoms with van der Waals surface area (Å²) in [6.45, 7) is 8.02. The number of rotatable bonds is 5. The Labute approximate surface area is 115 Å². The Bertz CT molecular complexity index is 469. The highest BCUT2D eigenvalue weighted by Gasteiger charge is 2.33. The van der Waals surface area contributed by atoms with Gasteiger partial charge in [0.1, 0.15) is 5.70 Å². The molecule has 19 heavy (non-hydrogen) atoms. The van der Waals surface area contributed by atoms with Crippen LogP contribution in [0.2, 0.25) is 0 Å². The second-order valence-electron chi connectivity index (χ2n) is 3.27. The molecule has 0 aromatic carbocycles. The standard InChI is InChI=1S/C13H14ClF3N2/c1-5-9(7-10(14)6-2)11(18-3)8-12(19-4)13(15,16)17/h5-8H,2,4H2,1,3H3/b9-5+,10-7+,12-8-,18-11-. The number of hydrogen-bond donors (Lipinski definition) is 0. The van der Waals surface area contributed by atoms with Gasteiger partial charge in [0.05, 0.1) is 5.71 Å². The predicted molar refractivity (Wildman–Crippen MR) is 74.9 cm³/mol. The van der Waals surface area contributed by atoms with Crippen molar-refractivity contribution in [1.29, 1.82) is 0 Å². The molecule has 0 rings (SSSR count). The van der Waals surface area contributed by atoms with Gasteiger partial charge in [-0.2, -0.15) is 13.2 Å². The number of nitrogens with zero attached hydrogens (tertiary/aromatic N) is 2. The minimum Gasteiger partial charge on any atom is -0.288 e. The van der Waals surface area contributed by atoms with Crippen molar-refractivity contribution in [2.45, 2.75) is 13.1 Å². The Kier molecular flexibility index (Phi) is 7.08. The van der Waals surface area contributed by atoms with Crippen molar-refractivity contribution >= 4 is 24.0 Å². The molecule has 0 amide bonds. The molecule has 0 aromatic heterocycles. The molecule has 6 heteroatoms. The number of halogens is 4. The first-order valence-electron chi connectivity index (χ1n) is 5.18. The van der Waals surface area contributed by atoms with Crippen LogP contribution in [-0.4, -0.2) is 25.7 Å². The summed E-state index contributed by atoms with van der Waals surface area (Å²) in [6, 6.07) is 0. The monoisotopic (exact) mass is 290 g/mol. The van der Waals surface area contributed by atoms with Gasteiger partial charge in [0.15, 0.2) is 0 Å². The van der Waals surface area contributed by atoms with Crippen LogP contribution >= 0.6 is 11.6 Å². The van der Waals surface area contributed by atoms with Crippen LogP contribution in [0.15, 0.2) is 57.2 Å². The molecule has 0 aliphatic rings. The first kappa shape index (κ1) is 17.4. The lowest BCUT2D eigenvalue weighted by Gasteiger charge is -2.08. The first-order valence-corrected chi connectivity index (χ1v) is 5.56. The van der Waals surface area contributed by atoms with Gasteiger partial charge in [-0.25, -0.2) is 0 Å². The van der Waals surface area contributed by atoms with Crippen LogP contribution in [0.1, 0.15) is 6.92 Å². The molecule has 104 valence electrons. The summed E-state index contributed by atoms with van der Waals surface area (Å²) < 4.78 is 37.7. The second kappa shape index (κ2) is 7.74. The molecule has 0 atom stereocenters. The van der Waals surface area contributed by atoms with Crippen molar-refractivity contribution in [3.63, 3.8) is 0 Å². The third-order valence-electron chi connectivity index (χ3n) is 2.07. The average Bonchev–Trinajstić information content (AvgIpc) is 2.36. The molecule has 0 aliphatic heterocycles. The van der Waals surface area contributed by atoms with Gasteiger partial charge in [-0.05, 0) is 31.4 Å². The van der Waals surface area contributed by atoms with E-state index < -0.39 is 11.9 Å². The van der Waals surface area contributed by atoms with Gasteiger partial charge in [-0.3, -0.25) is 9.98 Å². The molecule has 0 spiro atoms. The number of aliphatic imine (C=N–C) groups is 2. The maximum Gasteiger partial charge on any atom is 0.433 e. The SMILES string of the molecule is C=C\C(Cl)=C/C(=C\C)C(/C=C(\N=C)C(F)(F)F)=N\C. The molecule has 0 saturated heterocycles. The summed E-state index contributed by atoms with van der Waals surface area (Å²) in [7, 11) is 1.38. The van der Waals surface area contributed by atoms with Crippen LogP contribution in [0.4, 0.5) is 13.2 Å². The Morgan fingerprint density at radius 3 is 2.16 bits per heavy atom. The van der Waals surface area contributed by atoms with Crippen LogP contribution in [0, 0.1) is 0 Å². The van der Waals surface area contributed by atoms with Crippen LogP contribution < -0.4 is 0 Å². The fourth-order valence-corrected chi connectivity index (χ4v) is 1.25. The zero-order valence-electron chi connectivity index (χ0n) is 10.6. The quantitative estimate of drug-likeness (QED) is 0.527.